The smallest absolute Gasteiger partial charge is 0.312 e. The molecule has 0 amide bonds. The minimum atomic E-state index is -0.277. The van der Waals surface area contributed by atoms with Crippen LogP contribution in [0.1, 0.15) is 47.5 Å². The van der Waals surface area contributed by atoms with Gasteiger partial charge in [0, 0.05) is 6.54 Å². The first-order valence-electron chi connectivity index (χ1n) is 6.02. The Morgan fingerprint density at radius 1 is 1.38 bits per heavy atom. The summed E-state index contributed by atoms with van der Waals surface area (Å²) in [4.78, 5) is 12.1. The number of carbonyl (C=O) groups is 1. The maximum atomic E-state index is 12.1. The van der Waals surface area contributed by atoms with Gasteiger partial charge in [0.15, 0.2) is 0 Å². The van der Waals surface area contributed by atoms with Crippen LogP contribution in [0, 0.1) is 16.2 Å². The summed E-state index contributed by atoms with van der Waals surface area (Å²) in [6, 6.07) is 0. The standard InChI is InChI=1S/C13H25NO2/c1-11(2,3)8-13(9-12(13,4)5)10(15)16-7-6-14/h6-9,14H2,1-5H3. The molecule has 0 aromatic carbocycles. The van der Waals surface area contributed by atoms with Crippen LogP contribution in [0.2, 0.25) is 0 Å². The van der Waals surface area contributed by atoms with Gasteiger partial charge in [0.25, 0.3) is 0 Å². The number of nitrogens with two attached hydrogens (primary N) is 1. The molecular formula is C13H25NO2. The van der Waals surface area contributed by atoms with E-state index in [1.807, 2.05) is 0 Å². The second-order valence-corrected chi connectivity index (χ2v) is 6.80. The molecule has 0 spiro atoms. The first-order chi connectivity index (χ1) is 7.15. The minimum absolute atomic E-state index is 0.0575. The number of carbonyl (C=O) groups excluding carboxylic acids is 1. The highest BCUT2D eigenvalue weighted by Gasteiger charge is 2.67. The predicted octanol–water partition coefficient (Wildman–Crippen LogP) is 2.34. The molecule has 1 aliphatic carbocycles. The zero-order chi connectivity index (χ0) is 12.6. The third-order valence-electron chi connectivity index (χ3n) is 3.49. The van der Waals surface area contributed by atoms with Crippen LogP contribution >= 0.6 is 0 Å². The largest absolute Gasteiger partial charge is 0.464 e. The Kier molecular flexibility index (Phi) is 3.39. The van der Waals surface area contributed by atoms with Gasteiger partial charge in [-0.05, 0) is 23.7 Å². The molecule has 0 aromatic heterocycles. The van der Waals surface area contributed by atoms with Crippen molar-refractivity contribution in [3.8, 4) is 0 Å². The van der Waals surface area contributed by atoms with E-state index in [1.165, 1.54) is 0 Å². The fourth-order valence-corrected chi connectivity index (χ4v) is 2.63. The Labute approximate surface area is 98.7 Å². The molecule has 2 N–H and O–H groups in total. The summed E-state index contributed by atoms with van der Waals surface area (Å²) >= 11 is 0. The Hall–Kier alpha value is -0.570. The van der Waals surface area contributed by atoms with E-state index >= 15 is 0 Å². The average Bonchev–Trinajstić information content (AvgIpc) is 2.62. The Morgan fingerprint density at radius 3 is 2.19 bits per heavy atom. The minimum Gasteiger partial charge on any atom is -0.464 e. The van der Waals surface area contributed by atoms with Crippen LogP contribution in [-0.2, 0) is 9.53 Å². The SMILES string of the molecule is CC(C)(C)CC1(C(=O)OCCN)CC1(C)C. The molecule has 94 valence electrons. The highest BCUT2D eigenvalue weighted by Crippen LogP contribution is 2.68. The van der Waals surface area contributed by atoms with Crippen LogP contribution in [0.15, 0.2) is 0 Å². The lowest BCUT2D eigenvalue weighted by Crippen LogP contribution is -2.30. The quantitative estimate of drug-likeness (QED) is 0.750. The van der Waals surface area contributed by atoms with Crippen molar-refractivity contribution in [2.45, 2.75) is 47.5 Å². The van der Waals surface area contributed by atoms with Crippen molar-refractivity contribution in [2.75, 3.05) is 13.2 Å². The van der Waals surface area contributed by atoms with Crippen molar-refractivity contribution < 1.29 is 9.53 Å². The van der Waals surface area contributed by atoms with Crippen LogP contribution in [0.25, 0.3) is 0 Å². The van der Waals surface area contributed by atoms with E-state index in [4.69, 9.17) is 10.5 Å². The van der Waals surface area contributed by atoms with Crippen LogP contribution in [0.3, 0.4) is 0 Å². The van der Waals surface area contributed by atoms with Gasteiger partial charge in [-0.15, -0.1) is 0 Å². The molecule has 1 saturated carbocycles. The van der Waals surface area contributed by atoms with E-state index in [0.717, 1.165) is 12.8 Å². The molecule has 1 aliphatic rings. The molecule has 1 rings (SSSR count). The Morgan fingerprint density at radius 2 is 1.88 bits per heavy atom. The van der Waals surface area contributed by atoms with Gasteiger partial charge >= 0.3 is 5.97 Å². The van der Waals surface area contributed by atoms with Crippen LogP contribution in [0.4, 0.5) is 0 Å². The fourth-order valence-electron chi connectivity index (χ4n) is 2.63. The summed E-state index contributed by atoms with van der Waals surface area (Å²) in [6.45, 7) is 11.5. The third kappa shape index (κ3) is 2.57. The van der Waals surface area contributed by atoms with E-state index in [-0.39, 0.29) is 22.2 Å². The summed E-state index contributed by atoms with van der Waals surface area (Å²) in [6.07, 6.45) is 1.82. The van der Waals surface area contributed by atoms with Crippen molar-refractivity contribution in [3.05, 3.63) is 0 Å². The monoisotopic (exact) mass is 227 g/mol. The highest BCUT2D eigenvalue weighted by molar-refractivity contribution is 5.81. The molecule has 3 heteroatoms. The number of rotatable bonds is 4. The molecule has 0 saturated heterocycles. The van der Waals surface area contributed by atoms with Gasteiger partial charge in [0.1, 0.15) is 6.61 Å². The maximum absolute atomic E-state index is 12.1. The Bertz CT molecular complexity index is 278. The lowest BCUT2D eigenvalue weighted by Gasteiger charge is -2.27. The van der Waals surface area contributed by atoms with Crippen molar-refractivity contribution in [1.82, 2.24) is 0 Å². The van der Waals surface area contributed by atoms with Crippen molar-refractivity contribution in [3.63, 3.8) is 0 Å². The van der Waals surface area contributed by atoms with Gasteiger partial charge in [-0.1, -0.05) is 34.6 Å². The lowest BCUT2D eigenvalue weighted by molar-refractivity contribution is -0.152. The molecule has 0 bridgehead atoms. The molecule has 1 atom stereocenters. The zero-order valence-electron chi connectivity index (χ0n) is 11.2. The molecule has 0 aromatic rings. The maximum Gasteiger partial charge on any atom is 0.312 e. The van der Waals surface area contributed by atoms with E-state index < -0.39 is 0 Å². The molecular weight excluding hydrogens is 202 g/mol. The van der Waals surface area contributed by atoms with Gasteiger partial charge in [-0.3, -0.25) is 4.79 Å². The molecule has 16 heavy (non-hydrogen) atoms. The second kappa shape index (κ2) is 4.02. The van der Waals surface area contributed by atoms with Crippen LogP contribution in [0.5, 0.6) is 0 Å². The summed E-state index contributed by atoms with van der Waals surface area (Å²) in [7, 11) is 0. The molecule has 3 nitrogen and oxygen atoms in total. The predicted molar refractivity (Wildman–Crippen MR) is 64.9 cm³/mol. The summed E-state index contributed by atoms with van der Waals surface area (Å²) in [5.41, 5.74) is 5.30. The first kappa shape index (κ1) is 13.5. The lowest BCUT2D eigenvalue weighted by atomic mass is 9.79. The molecule has 1 fully saturated rings. The van der Waals surface area contributed by atoms with Crippen molar-refractivity contribution >= 4 is 5.97 Å². The number of ether oxygens (including phenoxy) is 1. The van der Waals surface area contributed by atoms with E-state index in [2.05, 4.69) is 34.6 Å². The number of hydrogen-bond donors (Lipinski definition) is 1. The Balaban J connectivity index is 2.73. The molecule has 0 aliphatic heterocycles. The fraction of sp³-hybridized carbons (Fsp3) is 0.923. The summed E-state index contributed by atoms with van der Waals surface area (Å²) in [5.74, 6) is -0.0575. The normalized spacial score (nSPS) is 27.6. The van der Waals surface area contributed by atoms with E-state index in [1.54, 1.807) is 0 Å². The van der Waals surface area contributed by atoms with Gasteiger partial charge in [-0.2, -0.15) is 0 Å². The molecule has 1 unspecified atom stereocenters. The second-order valence-electron chi connectivity index (χ2n) is 6.80. The van der Waals surface area contributed by atoms with Crippen molar-refractivity contribution in [1.29, 1.82) is 0 Å². The van der Waals surface area contributed by atoms with Gasteiger partial charge in [0.2, 0.25) is 0 Å². The number of hydrogen-bond acceptors (Lipinski definition) is 3. The number of esters is 1. The van der Waals surface area contributed by atoms with E-state index in [9.17, 15) is 4.79 Å². The van der Waals surface area contributed by atoms with Gasteiger partial charge < -0.3 is 10.5 Å². The third-order valence-corrected chi connectivity index (χ3v) is 3.49. The van der Waals surface area contributed by atoms with Crippen LogP contribution < -0.4 is 5.73 Å². The summed E-state index contributed by atoms with van der Waals surface area (Å²) in [5, 5.41) is 0. The average molecular weight is 227 g/mol. The van der Waals surface area contributed by atoms with Gasteiger partial charge in [-0.25, -0.2) is 0 Å². The first-order valence-corrected chi connectivity index (χ1v) is 6.02. The zero-order valence-corrected chi connectivity index (χ0v) is 11.2. The molecule has 0 radical (unpaired) electrons. The van der Waals surface area contributed by atoms with Gasteiger partial charge in [0.05, 0.1) is 5.41 Å². The highest BCUT2D eigenvalue weighted by atomic mass is 16.5. The summed E-state index contributed by atoms with van der Waals surface area (Å²) < 4.78 is 5.24. The van der Waals surface area contributed by atoms with E-state index in [0.29, 0.717) is 13.2 Å². The topological polar surface area (TPSA) is 52.3 Å². The van der Waals surface area contributed by atoms with Crippen LogP contribution in [-0.4, -0.2) is 19.1 Å². The molecule has 0 heterocycles. The van der Waals surface area contributed by atoms with Crippen molar-refractivity contribution in [2.24, 2.45) is 22.0 Å².